The molecule has 0 spiro atoms. The predicted molar refractivity (Wildman–Crippen MR) is 188 cm³/mol. The van der Waals surface area contributed by atoms with Gasteiger partial charge in [0.2, 0.25) is 0 Å². The van der Waals surface area contributed by atoms with Gasteiger partial charge in [-0.05, 0) is 92.9 Å². The Morgan fingerprint density at radius 3 is 2.00 bits per heavy atom. The summed E-state index contributed by atoms with van der Waals surface area (Å²) in [7, 11) is 0. The number of phenolic OH excluding ortho intramolecular Hbond substituents is 1. The van der Waals surface area contributed by atoms with Crippen molar-refractivity contribution in [1.82, 2.24) is 19.8 Å². The molecule has 0 bridgehead atoms. The summed E-state index contributed by atoms with van der Waals surface area (Å²) in [5, 5.41) is 22.2. The Bertz CT molecular complexity index is 1620. The molecule has 2 N–H and O–H groups in total. The Morgan fingerprint density at radius 2 is 1.35 bits per heavy atom. The number of aryl methyl sites for hydroxylation is 4. The van der Waals surface area contributed by atoms with Crippen LogP contribution in [0.4, 0.5) is 0 Å². The molecule has 0 aliphatic heterocycles. The van der Waals surface area contributed by atoms with Crippen LogP contribution in [0.15, 0.2) is 114 Å². The van der Waals surface area contributed by atoms with E-state index in [0.717, 1.165) is 27.9 Å². The third-order valence-corrected chi connectivity index (χ3v) is 5.70. The summed E-state index contributed by atoms with van der Waals surface area (Å²) in [6.45, 7) is 8.06. The monoisotopic (exact) mass is 584 g/mol. The van der Waals surface area contributed by atoms with Crippen molar-refractivity contribution in [3.63, 3.8) is 0 Å². The number of pyridine rings is 1. The van der Waals surface area contributed by atoms with Gasteiger partial charge in [0.05, 0.1) is 29.2 Å². The zero-order chi connectivity index (χ0) is 26.9. The number of nitrogens with zero attached hydrogens (tertiary/aromatic N) is 3. The number of phenols is 1. The molecule has 7 rings (SSSR count). The lowest BCUT2D eigenvalue weighted by Crippen LogP contribution is -1.83. The van der Waals surface area contributed by atoms with Crippen LogP contribution in [0.25, 0.3) is 27.4 Å². The maximum Gasteiger partial charge on any atom is 0.134 e. The number of aromatic hydroxyl groups is 1. The van der Waals surface area contributed by atoms with Gasteiger partial charge in [-0.1, -0.05) is 79.6 Å². The lowest BCUT2D eigenvalue weighted by molar-refractivity contribution is 0.475. The molecule has 0 atom stereocenters. The molecule has 7 aromatic rings. The molecule has 0 radical (unpaired) electrons. The predicted octanol–water partition coefficient (Wildman–Crippen LogP) is 11.1. The van der Waals surface area contributed by atoms with E-state index in [2.05, 4.69) is 65.5 Å². The van der Waals surface area contributed by atoms with Gasteiger partial charge >= 0.3 is 0 Å². The minimum atomic E-state index is 0. The fourth-order valence-corrected chi connectivity index (χ4v) is 3.81. The molecule has 0 amide bonds. The molecule has 3 aromatic carbocycles. The minimum absolute atomic E-state index is 0. The number of nitrogens with one attached hydrogen (secondary N) is 1. The second kappa shape index (κ2) is 19.3. The molecule has 43 heavy (non-hydrogen) atoms. The number of benzene rings is 3. The van der Waals surface area contributed by atoms with Gasteiger partial charge in [0.15, 0.2) is 0 Å². The second-order valence-electron chi connectivity index (χ2n) is 9.12. The summed E-state index contributed by atoms with van der Waals surface area (Å²) in [4.78, 5) is 0. The van der Waals surface area contributed by atoms with E-state index in [-0.39, 0.29) is 37.1 Å². The van der Waals surface area contributed by atoms with E-state index >= 15 is 0 Å². The van der Waals surface area contributed by atoms with Gasteiger partial charge in [0.1, 0.15) is 11.3 Å². The fourth-order valence-electron chi connectivity index (χ4n) is 3.81. The van der Waals surface area contributed by atoms with Gasteiger partial charge in [-0.3, -0.25) is 5.10 Å². The summed E-state index contributed by atoms with van der Waals surface area (Å²) in [6.07, 6.45) is 5.49. The van der Waals surface area contributed by atoms with Crippen LogP contribution in [0.3, 0.4) is 0 Å². The van der Waals surface area contributed by atoms with E-state index in [0.29, 0.717) is 5.75 Å². The normalized spacial score (nSPS) is 9.02. The lowest BCUT2D eigenvalue weighted by atomic mass is 10.2. The average Bonchev–Trinajstić information content (AvgIpc) is 3.63. The highest BCUT2D eigenvalue weighted by Gasteiger charge is 1.94. The fraction of sp³-hybridized carbons (Fsp3) is 0.243. The number of hydrogen-bond donors (Lipinski definition) is 2. The summed E-state index contributed by atoms with van der Waals surface area (Å²) in [6, 6.07) is 29.6. The molecule has 0 saturated carbocycles. The number of hydrogen-bond acceptors (Lipinski definition) is 4. The van der Waals surface area contributed by atoms with Crippen LogP contribution in [0.2, 0.25) is 0 Å². The summed E-state index contributed by atoms with van der Waals surface area (Å²) >= 11 is 0. The molecule has 232 valence electrons. The lowest BCUT2D eigenvalue weighted by Gasteiger charge is -1.89. The quantitative estimate of drug-likeness (QED) is 0.186. The average molecular weight is 585 g/mol. The maximum absolute atomic E-state index is 8.81. The zero-order valence-corrected chi connectivity index (χ0v) is 22.1. The Hall–Kier alpha value is -4.84. The number of rotatable bonds is 0. The first kappa shape index (κ1) is 40.3. The van der Waals surface area contributed by atoms with Crippen molar-refractivity contribution < 1.29 is 9.52 Å². The van der Waals surface area contributed by atoms with Crippen LogP contribution in [0.5, 0.6) is 5.75 Å². The molecule has 6 nitrogen and oxygen atoms in total. The molecule has 0 fully saturated rings. The Kier molecular flexibility index (Phi) is 18.1. The molecule has 6 heteroatoms. The van der Waals surface area contributed by atoms with Crippen LogP contribution in [0.1, 0.15) is 59.5 Å². The Balaban J connectivity index is 0. The molecular formula is C37H52N4O2. The highest BCUT2D eigenvalue weighted by molar-refractivity contribution is 5.78. The van der Waals surface area contributed by atoms with E-state index in [1.165, 1.54) is 21.9 Å². The molecule has 0 saturated heterocycles. The van der Waals surface area contributed by atoms with Crippen molar-refractivity contribution in [2.45, 2.75) is 64.8 Å². The largest absolute Gasteiger partial charge is 0.508 e. The van der Waals surface area contributed by atoms with Crippen molar-refractivity contribution in [2.75, 3.05) is 0 Å². The molecule has 0 aliphatic rings. The molecule has 0 unspecified atom stereocenters. The van der Waals surface area contributed by atoms with Crippen molar-refractivity contribution in [2.24, 2.45) is 0 Å². The van der Waals surface area contributed by atoms with Crippen molar-refractivity contribution in [3.8, 4) is 5.75 Å². The SMILES string of the molecule is C.C.C.C.C.Cc1cc2ccccn2n1.Cc1ccc2ccoc2c1.Cc1ccc2cn[nH]c2c1.Cc1cccc(O)c1. The highest BCUT2D eigenvalue weighted by atomic mass is 16.3. The van der Waals surface area contributed by atoms with E-state index in [1.54, 1.807) is 18.4 Å². The number of H-pyrrole nitrogens is 1. The van der Waals surface area contributed by atoms with E-state index < -0.39 is 0 Å². The zero-order valence-electron chi connectivity index (χ0n) is 22.1. The van der Waals surface area contributed by atoms with Crippen molar-refractivity contribution in [3.05, 3.63) is 132 Å². The van der Waals surface area contributed by atoms with Gasteiger partial charge in [0, 0.05) is 17.0 Å². The standard InChI is InChI=1S/C9H8O.2C8H8N2.C7H8O.5CH4/c1-7-2-3-8-4-5-10-9(8)6-7;1-6-2-3-7-5-9-10-8(7)4-6;1-7-6-8-4-2-3-5-10(8)9-7;1-6-3-2-4-7(8)5-6;;;;;/h2-6H,1H3;2-5H,1H3,(H,9,10);2-6H,1H3;2-5,8H,1H3;5*1H4. The third-order valence-electron chi connectivity index (χ3n) is 5.70. The first-order chi connectivity index (χ1) is 18.4. The van der Waals surface area contributed by atoms with Gasteiger partial charge < -0.3 is 9.52 Å². The molecule has 0 aliphatic carbocycles. The Morgan fingerprint density at radius 1 is 0.674 bits per heavy atom. The minimum Gasteiger partial charge on any atom is -0.508 e. The summed E-state index contributed by atoms with van der Waals surface area (Å²) in [5.41, 5.74) is 7.88. The van der Waals surface area contributed by atoms with Crippen LogP contribution in [-0.2, 0) is 0 Å². The van der Waals surface area contributed by atoms with Gasteiger partial charge in [-0.15, -0.1) is 0 Å². The number of aromatic nitrogens is 4. The smallest absolute Gasteiger partial charge is 0.134 e. The third kappa shape index (κ3) is 11.9. The first-order valence-corrected chi connectivity index (χ1v) is 12.4. The highest BCUT2D eigenvalue weighted by Crippen LogP contribution is 2.16. The van der Waals surface area contributed by atoms with E-state index in [1.807, 2.05) is 73.2 Å². The molecular weight excluding hydrogens is 532 g/mol. The summed E-state index contributed by atoms with van der Waals surface area (Å²) < 4.78 is 7.07. The number of furan rings is 1. The second-order valence-corrected chi connectivity index (χ2v) is 9.12. The van der Waals surface area contributed by atoms with Crippen LogP contribution < -0.4 is 0 Å². The molecule has 4 aromatic heterocycles. The molecule has 4 heterocycles. The van der Waals surface area contributed by atoms with Gasteiger partial charge in [-0.2, -0.15) is 10.2 Å². The van der Waals surface area contributed by atoms with Crippen LogP contribution in [0, 0.1) is 27.7 Å². The summed E-state index contributed by atoms with van der Waals surface area (Å²) in [5.74, 6) is 0.338. The maximum atomic E-state index is 8.81. The number of aromatic amines is 1. The Labute approximate surface area is 259 Å². The van der Waals surface area contributed by atoms with E-state index in [4.69, 9.17) is 9.52 Å². The van der Waals surface area contributed by atoms with Crippen LogP contribution in [-0.4, -0.2) is 24.9 Å². The van der Waals surface area contributed by atoms with Gasteiger partial charge in [-0.25, -0.2) is 4.52 Å². The van der Waals surface area contributed by atoms with Gasteiger partial charge in [0.25, 0.3) is 0 Å². The van der Waals surface area contributed by atoms with Crippen molar-refractivity contribution >= 4 is 27.4 Å². The topological polar surface area (TPSA) is 79.3 Å². The van der Waals surface area contributed by atoms with E-state index in [9.17, 15) is 0 Å². The first-order valence-electron chi connectivity index (χ1n) is 12.4. The van der Waals surface area contributed by atoms with Crippen molar-refractivity contribution in [1.29, 1.82) is 0 Å². The van der Waals surface area contributed by atoms with Crippen LogP contribution >= 0.6 is 0 Å². The number of fused-ring (bicyclic) bond motifs is 3.